The Morgan fingerprint density at radius 3 is 3.29 bits per heavy atom. The molecule has 3 heterocycles. The number of aromatic nitrogens is 2. The summed E-state index contributed by atoms with van der Waals surface area (Å²) < 4.78 is 7.31. The number of carbonyl (C=O) groups excluding carboxylic acids is 1. The van der Waals surface area contributed by atoms with Crippen LogP contribution in [0.5, 0.6) is 0 Å². The van der Waals surface area contributed by atoms with Gasteiger partial charge in [0, 0.05) is 24.8 Å². The van der Waals surface area contributed by atoms with Gasteiger partial charge in [-0.25, -0.2) is 4.98 Å². The van der Waals surface area contributed by atoms with Gasteiger partial charge in [0.15, 0.2) is 0 Å². The summed E-state index contributed by atoms with van der Waals surface area (Å²) in [7, 11) is 0. The predicted molar refractivity (Wildman–Crippen MR) is 91.0 cm³/mol. The van der Waals surface area contributed by atoms with E-state index in [9.17, 15) is 4.79 Å². The lowest BCUT2D eigenvalue weighted by Crippen LogP contribution is -2.33. The molecular formula is C18H22N4O2. The van der Waals surface area contributed by atoms with Crippen molar-refractivity contribution in [3.05, 3.63) is 47.5 Å². The molecule has 0 bridgehead atoms. The van der Waals surface area contributed by atoms with E-state index in [-0.39, 0.29) is 5.91 Å². The maximum absolute atomic E-state index is 12.4. The second-order valence-corrected chi connectivity index (χ2v) is 6.35. The first-order valence-corrected chi connectivity index (χ1v) is 8.56. The number of benzene rings is 1. The van der Waals surface area contributed by atoms with Gasteiger partial charge >= 0.3 is 0 Å². The molecule has 0 radical (unpaired) electrons. The highest BCUT2D eigenvalue weighted by Crippen LogP contribution is 2.25. The maximum atomic E-state index is 12.4. The summed E-state index contributed by atoms with van der Waals surface area (Å²) in [6, 6.07) is 8.85. The number of amides is 1. The molecule has 0 saturated heterocycles. The molecule has 2 aliphatic heterocycles. The largest absolute Gasteiger partial charge is 0.382 e. The van der Waals surface area contributed by atoms with Crippen LogP contribution in [0.3, 0.4) is 0 Å². The van der Waals surface area contributed by atoms with Crippen molar-refractivity contribution < 1.29 is 9.53 Å². The molecule has 2 N–H and O–H groups in total. The van der Waals surface area contributed by atoms with Crippen molar-refractivity contribution in [2.24, 2.45) is 0 Å². The Morgan fingerprint density at radius 1 is 1.42 bits per heavy atom. The minimum absolute atomic E-state index is 0.0492. The van der Waals surface area contributed by atoms with Gasteiger partial charge in [-0.15, -0.1) is 0 Å². The van der Waals surface area contributed by atoms with E-state index in [1.165, 1.54) is 11.3 Å². The molecular weight excluding hydrogens is 304 g/mol. The molecule has 6 nitrogen and oxygen atoms in total. The fourth-order valence-corrected chi connectivity index (χ4v) is 3.45. The van der Waals surface area contributed by atoms with E-state index in [0.717, 1.165) is 25.1 Å². The molecule has 24 heavy (non-hydrogen) atoms. The zero-order chi connectivity index (χ0) is 16.4. The number of anilines is 1. The molecule has 2 aromatic rings. The number of ether oxygens (including phenoxy) is 1. The first-order valence-electron chi connectivity index (χ1n) is 8.56. The fraction of sp³-hybridized carbons (Fsp3) is 0.444. The fourth-order valence-electron chi connectivity index (χ4n) is 3.45. The summed E-state index contributed by atoms with van der Waals surface area (Å²) in [6.45, 7) is 2.47. The first-order chi connectivity index (χ1) is 11.8. The van der Waals surface area contributed by atoms with Gasteiger partial charge in [-0.1, -0.05) is 18.2 Å². The van der Waals surface area contributed by atoms with E-state index in [2.05, 4.69) is 39.9 Å². The Morgan fingerprint density at radius 2 is 2.33 bits per heavy atom. The predicted octanol–water partition coefficient (Wildman–Crippen LogP) is 1.96. The number of nitrogens with zero attached hydrogens (tertiary/aromatic N) is 2. The van der Waals surface area contributed by atoms with Gasteiger partial charge in [0.1, 0.15) is 18.1 Å². The molecule has 0 fully saturated rings. The summed E-state index contributed by atoms with van der Waals surface area (Å²) in [6.07, 6.45) is 4.77. The van der Waals surface area contributed by atoms with Crippen LogP contribution in [0.15, 0.2) is 30.5 Å². The lowest BCUT2D eigenvalue weighted by molar-refractivity contribution is 0.0779. The van der Waals surface area contributed by atoms with Gasteiger partial charge in [0.25, 0.3) is 5.91 Å². The first kappa shape index (κ1) is 15.2. The number of fused-ring (bicyclic) bond motifs is 2. The minimum atomic E-state index is -0.0492. The molecule has 1 unspecified atom stereocenters. The third kappa shape index (κ3) is 3.01. The smallest absolute Gasteiger partial charge is 0.269 e. The van der Waals surface area contributed by atoms with Crippen LogP contribution in [-0.2, 0) is 24.3 Å². The highest BCUT2D eigenvalue weighted by molar-refractivity contribution is 5.92. The number of hydrogen-bond acceptors (Lipinski definition) is 4. The van der Waals surface area contributed by atoms with Crippen molar-refractivity contribution >= 4 is 11.6 Å². The zero-order valence-electron chi connectivity index (χ0n) is 13.6. The molecule has 0 saturated carbocycles. The van der Waals surface area contributed by atoms with Crippen LogP contribution in [0.25, 0.3) is 0 Å². The lowest BCUT2D eigenvalue weighted by Gasteiger charge is -2.27. The van der Waals surface area contributed by atoms with Gasteiger partial charge < -0.3 is 19.9 Å². The van der Waals surface area contributed by atoms with E-state index >= 15 is 0 Å². The standard InChI is InChI=1S/C18H22N4O2/c23-18(16-11-20-17-12-24-10-9-22(16)17)19-8-7-14-6-5-13-3-1-2-4-15(13)21-14/h1-4,11,14,21H,5-10,12H2,(H,19,23). The van der Waals surface area contributed by atoms with Crippen LogP contribution >= 0.6 is 0 Å². The quantitative estimate of drug-likeness (QED) is 0.901. The molecule has 126 valence electrons. The minimum Gasteiger partial charge on any atom is -0.382 e. The molecule has 6 heteroatoms. The van der Waals surface area contributed by atoms with Crippen LogP contribution in [-0.4, -0.2) is 34.7 Å². The van der Waals surface area contributed by atoms with Crippen molar-refractivity contribution in [3.63, 3.8) is 0 Å². The van der Waals surface area contributed by atoms with Crippen molar-refractivity contribution in [1.29, 1.82) is 0 Å². The van der Waals surface area contributed by atoms with E-state index < -0.39 is 0 Å². The van der Waals surface area contributed by atoms with E-state index in [1.807, 2.05) is 4.57 Å². The van der Waals surface area contributed by atoms with Crippen LogP contribution in [0.4, 0.5) is 5.69 Å². The normalized spacial score (nSPS) is 19.1. The monoisotopic (exact) mass is 326 g/mol. The Labute approximate surface area is 141 Å². The summed E-state index contributed by atoms with van der Waals surface area (Å²) in [5, 5.41) is 6.60. The number of carbonyl (C=O) groups is 1. The Bertz CT molecular complexity index is 740. The molecule has 1 atom stereocenters. The highest BCUT2D eigenvalue weighted by atomic mass is 16.5. The van der Waals surface area contributed by atoms with E-state index in [0.29, 0.717) is 38.0 Å². The van der Waals surface area contributed by atoms with Gasteiger partial charge in [-0.05, 0) is 30.9 Å². The topological polar surface area (TPSA) is 68.2 Å². The Hall–Kier alpha value is -2.34. The van der Waals surface area contributed by atoms with Gasteiger partial charge in [0.05, 0.1) is 12.8 Å². The van der Waals surface area contributed by atoms with Crippen LogP contribution in [0, 0.1) is 0 Å². The van der Waals surface area contributed by atoms with Crippen molar-refractivity contribution in [2.75, 3.05) is 18.5 Å². The average molecular weight is 326 g/mol. The van der Waals surface area contributed by atoms with Gasteiger partial charge in [-0.3, -0.25) is 4.79 Å². The van der Waals surface area contributed by atoms with E-state index in [4.69, 9.17) is 4.74 Å². The summed E-state index contributed by atoms with van der Waals surface area (Å²) >= 11 is 0. The van der Waals surface area contributed by atoms with Crippen LogP contribution in [0.2, 0.25) is 0 Å². The number of para-hydroxylation sites is 1. The van der Waals surface area contributed by atoms with Crippen molar-refractivity contribution in [3.8, 4) is 0 Å². The SMILES string of the molecule is O=C(NCCC1CCc2ccccc2N1)c1cnc2n1CCOC2. The second-order valence-electron chi connectivity index (χ2n) is 6.35. The second kappa shape index (κ2) is 6.65. The number of nitrogens with one attached hydrogen (secondary N) is 2. The zero-order valence-corrected chi connectivity index (χ0v) is 13.6. The number of rotatable bonds is 4. The third-order valence-corrected chi connectivity index (χ3v) is 4.78. The summed E-state index contributed by atoms with van der Waals surface area (Å²) in [4.78, 5) is 16.7. The summed E-state index contributed by atoms with van der Waals surface area (Å²) in [5.41, 5.74) is 3.24. The van der Waals surface area contributed by atoms with Crippen molar-refractivity contribution in [2.45, 2.75) is 38.5 Å². The molecule has 4 rings (SSSR count). The van der Waals surface area contributed by atoms with Gasteiger partial charge in [-0.2, -0.15) is 0 Å². The van der Waals surface area contributed by atoms with Gasteiger partial charge in [0.2, 0.25) is 0 Å². The van der Waals surface area contributed by atoms with Crippen LogP contribution in [0.1, 0.15) is 34.7 Å². The molecule has 2 aliphatic rings. The van der Waals surface area contributed by atoms with E-state index in [1.54, 1.807) is 6.20 Å². The molecule has 0 aliphatic carbocycles. The summed E-state index contributed by atoms with van der Waals surface area (Å²) in [5.74, 6) is 0.781. The maximum Gasteiger partial charge on any atom is 0.269 e. The van der Waals surface area contributed by atoms with Crippen LogP contribution < -0.4 is 10.6 Å². The molecule has 1 aromatic heterocycles. The molecule has 1 amide bonds. The molecule has 1 aromatic carbocycles. The van der Waals surface area contributed by atoms with Crippen molar-refractivity contribution in [1.82, 2.24) is 14.9 Å². The Kier molecular flexibility index (Phi) is 4.21. The number of aryl methyl sites for hydroxylation is 1. The molecule has 0 spiro atoms. The average Bonchev–Trinajstić information content (AvgIpc) is 3.06. The number of hydrogen-bond donors (Lipinski definition) is 2. The third-order valence-electron chi connectivity index (χ3n) is 4.78. The highest BCUT2D eigenvalue weighted by Gasteiger charge is 2.20. The Balaban J connectivity index is 1.30. The lowest BCUT2D eigenvalue weighted by atomic mass is 9.96. The number of imidazole rings is 1.